The highest BCUT2D eigenvalue weighted by molar-refractivity contribution is 5.79. The molecule has 2 N–H and O–H groups in total. The van der Waals surface area contributed by atoms with Crippen LogP contribution in [0.3, 0.4) is 0 Å². The van der Waals surface area contributed by atoms with Gasteiger partial charge in [-0.3, -0.25) is 9.59 Å². The lowest BCUT2D eigenvalue weighted by molar-refractivity contribution is -0.125. The molecule has 0 unspecified atom stereocenters. The van der Waals surface area contributed by atoms with Crippen molar-refractivity contribution in [2.75, 3.05) is 24.5 Å². The van der Waals surface area contributed by atoms with E-state index in [0.29, 0.717) is 5.92 Å². The number of amides is 1. The van der Waals surface area contributed by atoms with E-state index in [1.54, 1.807) is 12.3 Å². The lowest BCUT2D eigenvalue weighted by atomic mass is 9.95. The van der Waals surface area contributed by atoms with Crippen molar-refractivity contribution in [3.05, 3.63) is 22.6 Å². The number of hydrogen-bond donors (Lipinski definition) is 2. The van der Waals surface area contributed by atoms with Gasteiger partial charge in [-0.15, -0.1) is 0 Å². The Hall–Kier alpha value is -1.85. The van der Waals surface area contributed by atoms with Gasteiger partial charge in [0.15, 0.2) is 0 Å². The fourth-order valence-electron chi connectivity index (χ4n) is 2.39. The van der Waals surface area contributed by atoms with E-state index in [1.807, 2.05) is 0 Å². The molecule has 20 heavy (non-hydrogen) atoms. The number of H-pyrrole nitrogens is 1. The minimum atomic E-state index is -0.195. The molecule has 2 rings (SSSR count). The first kappa shape index (κ1) is 14.6. The summed E-state index contributed by atoms with van der Waals surface area (Å²) in [6, 6.07) is 1.55. The Labute approximate surface area is 118 Å². The molecule has 2 heterocycles. The average Bonchev–Trinajstić information content (AvgIpc) is 2.45. The van der Waals surface area contributed by atoms with Crippen LogP contribution in [-0.4, -0.2) is 35.7 Å². The molecule has 0 saturated carbocycles. The van der Waals surface area contributed by atoms with Crippen molar-refractivity contribution in [1.29, 1.82) is 0 Å². The molecule has 6 heteroatoms. The number of piperidine rings is 1. The van der Waals surface area contributed by atoms with Crippen LogP contribution in [0.5, 0.6) is 0 Å². The van der Waals surface area contributed by atoms with Crippen molar-refractivity contribution in [1.82, 2.24) is 15.5 Å². The standard InChI is InChI=1S/C14H22N4O2/c1-10(2)8-15-14(20)11-3-5-18(6-4-11)12-7-13(19)17-16-9-12/h7,9-11H,3-6,8H2,1-2H3,(H,15,20)(H,17,19). The van der Waals surface area contributed by atoms with E-state index >= 15 is 0 Å². The van der Waals surface area contributed by atoms with Gasteiger partial charge in [0, 0.05) is 31.6 Å². The molecule has 0 aromatic carbocycles. The Morgan fingerprint density at radius 3 is 2.80 bits per heavy atom. The monoisotopic (exact) mass is 278 g/mol. The van der Waals surface area contributed by atoms with E-state index in [2.05, 4.69) is 34.3 Å². The zero-order chi connectivity index (χ0) is 14.5. The molecule has 0 radical (unpaired) electrons. The fourth-order valence-corrected chi connectivity index (χ4v) is 2.39. The second-order valence-corrected chi connectivity index (χ2v) is 5.70. The van der Waals surface area contributed by atoms with Gasteiger partial charge in [-0.2, -0.15) is 5.10 Å². The van der Waals surface area contributed by atoms with Crippen molar-refractivity contribution in [3.8, 4) is 0 Å². The molecule has 1 aromatic rings. The van der Waals surface area contributed by atoms with Crippen molar-refractivity contribution in [2.24, 2.45) is 11.8 Å². The third-order valence-electron chi connectivity index (χ3n) is 3.57. The predicted octanol–water partition coefficient (Wildman–Crippen LogP) is 0.758. The van der Waals surface area contributed by atoms with Crippen LogP contribution in [0.15, 0.2) is 17.1 Å². The van der Waals surface area contributed by atoms with E-state index in [0.717, 1.165) is 38.2 Å². The first-order valence-electron chi connectivity index (χ1n) is 7.13. The van der Waals surface area contributed by atoms with Crippen LogP contribution < -0.4 is 15.8 Å². The molecule has 1 fully saturated rings. The van der Waals surface area contributed by atoms with Crippen molar-refractivity contribution in [2.45, 2.75) is 26.7 Å². The summed E-state index contributed by atoms with van der Waals surface area (Å²) in [5.74, 6) is 0.712. The van der Waals surface area contributed by atoms with Crippen molar-refractivity contribution >= 4 is 11.6 Å². The Bertz CT molecular complexity index is 504. The van der Waals surface area contributed by atoms with Crippen LogP contribution in [0.2, 0.25) is 0 Å². The van der Waals surface area contributed by atoms with Gasteiger partial charge in [0.25, 0.3) is 5.56 Å². The molecule has 0 atom stereocenters. The third-order valence-corrected chi connectivity index (χ3v) is 3.57. The van der Waals surface area contributed by atoms with Gasteiger partial charge in [0.1, 0.15) is 0 Å². The van der Waals surface area contributed by atoms with E-state index in [4.69, 9.17) is 0 Å². The largest absolute Gasteiger partial charge is 0.370 e. The lowest BCUT2D eigenvalue weighted by Gasteiger charge is -2.32. The number of aromatic nitrogens is 2. The van der Waals surface area contributed by atoms with E-state index in [-0.39, 0.29) is 17.4 Å². The van der Waals surface area contributed by atoms with Gasteiger partial charge in [-0.1, -0.05) is 13.8 Å². The van der Waals surface area contributed by atoms with E-state index in [1.165, 1.54) is 0 Å². The molecule has 1 aliphatic heterocycles. The zero-order valence-corrected chi connectivity index (χ0v) is 12.1. The zero-order valence-electron chi connectivity index (χ0n) is 12.1. The summed E-state index contributed by atoms with van der Waals surface area (Å²) in [5.41, 5.74) is 0.633. The summed E-state index contributed by atoms with van der Waals surface area (Å²) >= 11 is 0. The molecule has 0 spiro atoms. The summed E-state index contributed by atoms with van der Waals surface area (Å²) in [6.45, 7) is 6.47. The Morgan fingerprint density at radius 1 is 1.50 bits per heavy atom. The molecule has 0 aliphatic carbocycles. The topological polar surface area (TPSA) is 78.1 Å². The normalized spacial score (nSPS) is 16.4. The van der Waals surface area contributed by atoms with Gasteiger partial charge < -0.3 is 10.2 Å². The predicted molar refractivity (Wildman–Crippen MR) is 77.6 cm³/mol. The molecular weight excluding hydrogens is 256 g/mol. The van der Waals surface area contributed by atoms with Crippen molar-refractivity contribution < 1.29 is 4.79 Å². The Kier molecular flexibility index (Phi) is 4.76. The van der Waals surface area contributed by atoms with Gasteiger partial charge in [-0.25, -0.2) is 5.10 Å². The summed E-state index contributed by atoms with van der Waals surface area (Å²) in [5, 5.41) is 9.16. The molecule has 110 valence electrons. The Morgan fingerprint density at radius 2 is 2.20 bits per heavy atom. The molecule has 0 bridgehead atoms. The van der Waals surface area contributed by atoms with Gasteiger partial charge in [0.2, 0.25) is 5.91 Å². The first-order chi connectivity index (χ1) is 9.56. The fraction of sp³-hybridized carbons (Fsp3) is 0.643. The maximum Gasteiger partial charge on any atom is 0.266 e. The van der Waals surface area contributed by atoms with Crippen LogP contribution in [0.4, 0.5) is 5.69 Å². The number of anilines is 1. The number of nitrogens with zero attached hydrogens (tertiary/aromatic N) is 2. The highest BCUT2D eigenvalue weighted by Crippen LogP contribution is 2.21. The van der Waals surface area contributed by atoms with E-state index in [9.17, 15) is 9.59 Å². The third kappa shape index (κ3) is 3.82. The second kappa shape index (κ2) is 6.54. The quantitative estimate of drug-likeness (QED) is 0.852. The van der Waals surface area contributed by atoms with Gasteiger partial charge >= 0.3 is 0 Å². The van der Waals surface area contributed by atoms with Crippen molar-refractivity contribution in [3.63, 3.8) is 0 Å². The highest BCUT2D eigenvalue weighted by atomic mass is 16.2. The first-order valence-corrected chi connectivity index (χ1v) is 7.13. The number of hydrogen-bond acceptors (Lipinski definition) is 4. The molecule has 1 aliphatic rings. The SMILES string of the molecule is CC(C)CNC(=O)C1CCN(c2cn[nH]c(=O)c2)CC1. The minimum absolute atomic E-state index is 0.0833. The molecule has 1 aromatic heterocycles. The van der Waals surface area contributed by atoms with E-state index < -0.39 is 0 Å². The molecular formula is C14H22N4O2. The highest BCUT2D eigenvalue weighted by Gasteiger charge is 2.25. The number of carbonyl (C=O) groups is 1. The molecule has 1 saturated heterocycles. The van der Waals surface area contributed by atoms with Gasteiger partial charge in [0.05, 0.1) is 11.9 Å². The Balaban J connectivity index is 1.86. The van der Waals surface area contributed by atoms with Crippen LogP contribution in [0, 0.1) is 11.8 Å². The summed E-state index contributed by atoms with van der Waals surface area (Å²) in [6.07, 6.45) is 3.29. The average molecular weight is 278 g/mol. The number of aromatic amines is 1. The van der Waals surface area contributed by atoms with Crippen LogP contribution in [0.1, 0.15) is 26.7 Å². The van der Waals surface area contributed by atoms with Crippen LogP contribution in [0.25, 0.3) is 0 Å². The van der Waals surface area contributed by atoms with Crippen LogP contribution in [-0.2, 0) is 4.79 Å². The van der Waals surface area contributed by atoms with Gasteiger partial charge in [-0.05, 0) is 18.8 Å². The number of nitrogens with one attached hydrogen (secondary N) is 2. The molecule has 1 amide bonds. The maximum absolute atomic E-state index is 12.0. The number of rotatable bonds is 4. The number of carbonyl (C=O) groups excluding carboxylic acids is 1. The second-order valence-electron chi connectivity index (χ2n) is 5.70. The molecule has 6 nitrogen and oxygen atoms in total. The minimum Gasteiger partial charge on any atom is -0.370 e. The lowest BCUT2D eigenvalue weighted by Crippen LogP contribution is -2.41. The maximum atomic E-state index is 12.0. The summed E-state index contributed by atoms with van der Waals surface area (Å²) < 4.78 is 0. The smallest absolute Gasteiger partial charge is 0.266 e. The summed E-state index contributed by atoms with van der Waals surface area (Å²) in [7, 11) is 0. The summed E-state index contributed by atoms with van der Waals surface area (Å²) in [4.78, 5) is 25.4. The van der Waals surface area contributed by atoms with Crippen LogP contribution >= 0.6 is 0 Å².